The van der Waals surface area contributed by atoms with E-state index in [1.54, 1.807) is 30.2 Å². The lowest BCUT2D eigenvalue weighted by molar-refractivity contribution is -0.125. The van der Waals surface area contributed by atoms with Crippen molar-refractivity contribution in [2.24, 2.45) is 0 Å². The number of methoxy groups -OCH3 is 1. The quantitative estimate of drug-likeness (QED) is 0.896. The summed E-state index contributed by atoms with van der Waals surface area (Å²) in [5, 5.41) is 5.69. The molecule has 1 atom stereocenters. The summed E-state index contributed by atoms with van der Waals surface area (Å²) >= 11 is 0. The summed E-state index contributed by atoms with van der Waals surface area (Å²) in [4.78, 5) is 26.2. The molecular formula is C16H23N3O3. The van der Waals surface area contributed by atoms with Crippen LogP contribution in [-0.4, -0.2) is 42.6 Å². The van der Waals surface area contributed by atoms with Gasteiger partial charge in [-0.1, -0.05) is 6.07 Å². The molecule has 0 unspecified atom stereocenters. The van der Waals surface area contributed by atoms with Gasteiger partial charge in [-0.15, -0.1) is 0 Å². The van der Waals surface area contributed by atoms with Crippen molar-refractivity contribution in [2.75, 3.05) is 19.0 Å². The highest BCUT2D eigenvalue weighted by molar-refractivity contribution is 5.94. The topological polar surface area (TPSA) is 70.7 Å². The van der Waals surface area contributed by atoms with Gasteiger partial charge in [-0.2, -0.15) is 0 Å². The van der Waals surface area contributed by atoms with Crippen LogP contribution in [0.5, 0.6) is 5.75 Å². The molecule has 1 aromatic carbocycles. The Balaban J connectivity index is 2.02. The molecule has 1 saturated heterocycles. The van der Waals surface area contributed by atoms with Crippen LogP contribution in [0.2, 0.25) is 0 Å². The molecular weight excluding hydrogens is 282 g/mol. The van der Waals surface area contributed by atoms with Crippen LogP contribution in [0.25, 0.3) is 0 Å². The van der Waals surface area contributed by atoms with E-state index in [1.807, 2.05) is 19.9 Å². The number of hydrogen-bond acceptors (Lipinski definition) is 3. The van der Waals surface area contributed by atoms with E-state index in [4.69, 9.17) is 4.74 Å². The van der Waals surface area contributed by atoms with Gasteiger partial charge in [-0.3, -0.25) is 4.79 Å². The molecule has 6 heteroatoms. The molecule has 3 amide bonds. The maximum atomic E-state index is 12.4. The van der Waals surface area contributed by atoms with Crippen LogP contribution in [0.3, 0.4) is 0 Å². The Bertz CT molecular complexity index is 545. The summed E-state index contributed by atoms with van der Waals surface area (Å²) in [6, 6.07) is 6.57. The molecule has 1 heterocycles. The molecule has 120 valence electrons. The second-order valence-corrected chi connectivity index (χ2v) is 5.68. The van der Waals surface area contributed by atoms with Crippen LogP contribution in [-0.2, 0) is 4.79 Å². The third kappa shape index (κ3) is 3.90. The molecule has 0 aliphatic carbocycles. The van der Waals surface area contributed by atoms with Crippen LogP contribution < -0.4 is 15.4 Å². The molecule has 2 N–H and O–H groups in total. The standard InChI is InChI=1S/C16H23N3O3/c1-11(2)17-15(20)14-8-5-9-19(14)16(21)18-12-6-4-7-13(10-12)22-3/h4,6-7,10-11,14H,5,8-9H2,1-3H3,(H,17,20)(H,18,21)/t14-/m0/s1. The molecule has 22 heavy (non-hydrogen) atoms. The minimum Gasteiger partial charge on any atom is -0.497 e. The van der Waals surface area contributed by atoms with Gasteiger partial charge in [0.25, 0.3) is 0 Å². The summed E-state index contributed by atoms with van der Waals surface area (Å²) in [5.74, 6) is 0.585. The Kier molecular flexibility index (Phi) is 5.25. The lowest BCUT2D eigenvalue weighted by Gasteiger charge is -2.25. The van der Waals surface area contributed by atoms with Gasteiger partial charge in [0.1, 0.15) is 11.8 Å². The van der Waals surface area contributed by atoms with Crippen molar-refractivity contribution in [3.05, 3.63) is 24.3 Å². The third-order valence-corrected chi connectivity index (χ3v) is 3.57. The molecule has 0 aromatic heterocycles. The number of amides is 3. The Hall–Kier alpha value is -2.24. The van der Waals surface area contributed by atoms with Gasteiger partial charge in [0.2, 0.25) is 5.91 Å². The number of carbonyl (C=O) groups is 2. The molecule has 1 aromatic rings. The minimum absolute atomic E-state index is 0.0661. The van der Waals surface area contributed by atoms with E-state index in [-0.39, 0.29) is 18.0 Å². The minimum atomic E-state index is -0.395. The third-order valence-electron chi connectivity index (χ3n) is 3.57. The monoisotopic (exact) mass is 305 g/mol. The lowest BCUT2D eigenvalue weighted by Crippen LogP contribution is -2.48. The zero-order valence-electron chi connectivity index (χ0n) is 13.3. The van der Waals surface area contributed by atoms with E-state index in [9.17, 15) is 9.59 Å². The first-order chi connectivity index (χ1) is 10.5. The average Bonchev–Trinajstić information content (AvgIpc) is 2.96. The number of carbonyl (C=O) groups excluding carboxylic acids is 2. The van der Waals surface area contributed by atoms with Gasteiger partial charge in [0.05, 0.1) is 7.11 Å². The first-order valence-corrected chi connectivity index (χ1v) is 7.53. The van der Waals surface area contributed by atoms with E-state index < -0.39 is 6.04 Å². The highest BCUT2D eigenvalue weighted by Crippen LogP contribution is 2.21. The van der Waals surface area contributed by atoms with Gasteiger partial charge < -0.3 is 20.3 Å². The second-order valence-electron chi connectivity index (χ2n) is 5.68. The summed E-state index contributed by atoms with van der Waals surface area (Å²) in [5.41, 5.74) is 0.652. The molecule has 0 radical (unpaired) electrons. The Morgan fingerprint density at radius 1 is 1.36 bits per heavy atom. The number of ether oxygens (including phenoxy) is 1. The highest BCUT2D eigenvalue weighted by atomic mass is 16.5. The van der Waals surface area contributed by atoms with E-state index in [0.717, 1.165) is 6.42 Å². The van der Waals surface area contributed by atoms with Crippen molar-refractivity contribution in [1.29, 1.82) is 0 Å². The van der Waals surface area contributed by atoms with Crippen molar-refractivity contribution in [3.63, 3.8) is 0 Å². The van der Waals surface area contributed by atoms with Crippen molar-refractivity contribution in [3.8, 4) is 5.75 Å². The fourth-order valence-electron chi connectivity index (χ4n) is 2.56. The number of rotatable bonds is 4. The SMILES string of the molecule is COc1cccc(NC(=O)N2CCC[C@H]2C(=O)NC(C)C)c1. The molecule has 0 saturated carbocycles. The second kappa shape index (κ2) is 7.15. The Morgan fingerprint density at radius 2 is 2.14 bits per heavy atom. The van der Waals surface area contributed by atoms with E-state index >= 15 is 0 Å². The molecule has 0 spiro atoms. The predicted molar refractivity (Wildman–Crippen MR) is 85.0 cm³/mol. The van der Waals surface area contributed by atoms with Gasteiger partial charge >= 0.3 is 6.03 Å². The summed E-state index contributed by atoms with van der Waals surface area (Å²) in [7, 11) is 1.58. The Morgan fingerprint density at radius 3 is 2.82 bits per heavy atom. The maximum Gasteiger partial charge on any atom is 0.322 e. The van der Waals surface area contributed by atoms with Gasteiger partial charge in [0, 0.05) is 24.3 Å². The smallest absolute Gasteiger partial charge is 0.322 e. The van der Waals surface area contributed by atoms with Crippen molar-refractivity contribution in [1.82, 2.24) is 10.2 Å². The molecule has 0 bridgehead atoms. The summed E-state index contributed by atoms with van der Waals surface area (Å²) in [6.07, 6.45) is 1.53. The average molecular weight is 305 g/mol. The highest BCUT2D eigenvalue weighted by Gasteiger charge is 2.34. The van der Waals surface area contributed by atoms with Crippen molar-refractivity contribution >= 4 is 17.6 Å². The van der Waals surface area contributed by atoms with Crippen LogP contribution >= 0.6 is 0 Å². The van der Waals surface area contributed by atoms with Gasteiger partial charge in [0.15, 0.2) is 0 Å². The van der Waals surface area contributed by atoms with E-state index in [0.29, 0.717) is 24.4 Å². The number of benzene rings is 1. The largest absolute Gasteiger partial charge is 0.497 e. The fourth-order valence-corrected chi connectivity index (χ4v) is 2.56. The van der Waals surface area contributed by atoms with E-state index in [2.05, 4.69) is 10.6 Å². The normalized spacial score (nSPS) is 17.5. The molecule has 2 rings (SSSR count). The first-order valence-electron chi connectivity index (χ1n) is 7.53. The zero-order valence-corrected chi connectivity index (χ0v) is 13.3. The summed E-state index contributed by atoms with van der Waals surface area (Å²) in [6.45, 7) is 4.41. The van der Waals surface area contributed by atoms with Crippen LogP contribution in [0.15, 0.2) is 24.3 Å². The van der Waals surface area contributed by atoms with Crippen LogP contribution in [0.1, 0.15) is 26.7 Å². The lowest BCUT2D eigenvalue weighted by atomic mass is 10.2. The molecule has 1 fully saturated rings. The van der Waals surface area contributed by atoms with Gasteiger partial charge in [-0.25, -0.2) is 4.79 Å². The zero-order chi connectivity index (χ0) is 16.1. The molecule has 1 aliphatic heterocycles. The summed E-state index contributed by atoms with van der Waals surface area (Å²) < 4.78 is 5.14. The predicted octanol–water partition coefficient (Wildman–Crippen LogP) is 2.22. The number of nitrogens with one attached hydrogen (secondary N) is 2. The van der Waals surface area contributed by atoms with Crippen LogP contribution in [0.4, 0.5) is 10.5 Å². The van der Waals surface area contributed by atoms with Crippen molar-refractivity contribution < 1.29 is 14.3 Å². The number of anilines is 1. The van der Waals surface area contributed by atoms with Gasteiger partial charge in [-0.05, 0) is 38.8 Å². The fraction of sp³-hybridized carbons (Fsp3) is 0.500. The first kappa shape index (κ1) is 16.1. The number of likely N-dealkylation sites (tertiary alicyclic amines) is 1. The number of urea groups is 1. The van der Waals surface area contributed by atoms with Crippen LogP contribution in [0, 0.1) is 0 Å². The number of nitrogens with zero attached hydrogens (tertiary/aromatic N) is 1. The molecule has 1 aliphatic rings. The number of hydrogen-bond donors (Lipinski definition) is 2. The molecule has 6 nitrogen and oxygen atoms in total. The van der Waals surface area contributed by atoms with E-state index in [1.165, 1.54) is 0 Å². The van der Waals surface area contributed by atoms with Crippen molar-refractivity contribution in [2.45, 2.75) is 38.8 Å². The Labute approximate surface area is 130 Å². The maximum absolute atomic E-state index is 12.4.